The zero-order chi connectivity index (χ0) is 22.4. The molecule has 0 radical (unpaired) electrons. The van der Waals surface area contributed by atoms with Crippen LogP contribution in [0.1, 0.15) is 41.4 Å². The first-order chi connectivity index (χ1) is 14.8. The van der Waals surface area contributed by atoms with Crippen LogP contribution in [0.5, 0.6) is 5.75 Å². The van der Waals surface area contributed by atoms with Gasteiger partial charge in [-0.15, -0.1) is 0 Å². The third-order valence-electron chi connectivity index (χ3n) is 4.80. The molecule has 0 spiro atoms. The summed E-state index contributed by atoms with van der Waals surface area (Å²) in [6.45, 7) is 6.08. The number of anilines is 1. The second-order valence-electron chi connectivity index (χ2n) is 7.15. The van der Waals surface area contributed by atoms with Gasteiger partial charge in [0.05, 0.1) is 17.5 Å². The molecule has 31 heavy (non-hydrogen) atoms. The summed E-state index contributed by atoms with van der Waals surface area (Å²) in [5.41, 5.74) is 2.21. The van der Waals surface area contributed by atoms with Crippen molar-refractivity contribution in [2.45, 2.75) is 31.7 Å². The summed E-state index contributed by atoms with van der Waals surface area (Å²) in [4.78, 5) is 12.9. The van der Waals surface area contributed by atoms with Crippen LogP contribution in [-0.2, 0) is 10.0 Å². The van der Waals surface area contributed by atoms with Crippen molar-refractivity contribution < 1.29 is 17.9 Å². The quantitative estimate of drug-likeness (QED) is 0.535. The van der Waals surface area contributed by atoms with Crippen LogP contribution in [0.25, 0.3) is 0 Å². The minimum atomic E-state index is -3.83. The number of amides is 1. The second-order valence-corrected chi connectivity index (χ2v) is 8.80. The van der Waals surface area contributed by atoms with Gasteiger partial charge in [0.2, 0.25) is 0 Å². The Morgan fingerprint density at radius 3 is 2.32 bits per heavy atom. The second kappa shape index (κ2) is 9.66. The number of sulfonamides is 1. The fourth-order valence-corrected chi connectivity index (χ4v) is 4.46. The van der Waals surface area contributed by atoms with Crippen LogP contribution in [0.4, 0.5) is 5.69 Å². The smallest absolute Gasteiger partial charge is 0.262 e. The van der Waals surface area contributed by atoms with Gasteiger partial charge in [0.15, 0.2) is 0 Å². The topological polar surface area (TPSA) is 84.5 Å². The molecule has 1 amide bonds. The zero-order valence-electron chi connectivity index (χ0n) is 17.8. The Balaban J connectivity index is 1.77. The number of carbonyl (C=O) groups is 1. The monoisotopic (exact) mass is 438 g/mol. The summed E-state index contributed by atoms with van der Waals surface area (Å²) in [7, 11) is -3.83. The summed E-state index contributed by atoms with van der Waals surface area (Å²) in [6.07, 6.45) is 0. The summed E-state index contributed by atoms with van der Waals surface area (Å²) >= 11 is 0. The lowest BCUT2D eigenvalue weighted by molar-refractivity contribution is 0.0939. The van der Waals surface area contributed by atoms with Crippen LogP contribution in [0.3, 0.4) is 0 Å². The highest BCUT2D eigenvalue weighted by atomic mass is 32.2. The van der Waals surface area contributed by atoms with Crippen molar-refractivity contribution in [1.82, 2.24) is 5.32 Å². The van der Waals surface area contributed by atoms with Gasteiger partial charge >= 0.3 is 0 Å². The molecule has 0 aromatic heterocycles. The summed E-state index contributed by atoms with van der Waals surface area (Å²) in [5, 5.41) is 2.92. The number of hydrogen-bond acceptors (Lipinski definition) is 4. The molecule has 0 saturated heterocycles. The van der Waals surface area contributed by atoms with Crippen molar-refractivity contribution in [3.05, 3.63) is 89.5 Å². The Bertz CT molecular complexity index is 1140. The molecule has 0 heterocycles. The van der Waals surface area contributed by atoms with E-state index in [1.807, 2.05) is 38.1 Å². The van der Waals surface area contributed by atoms with Crippen LogP contribution in [-0.4, -0.2) is 20.9 Å². The molecule has 3 aromatic rings. The number of aryl methyl sites for hydroxylation is 1. The SMILES string of the molecule is CCOc1ccc([C@@H](C)NC(=O)c2ccc(C)c(S(=O)(=O)Nc3ccccc3)c2)cc1. The van der Waals surface area contributed by atoms with Crippen molar-refractivity contribution in [1.29, 1.82) is 0 Å². The molecule has 1 atom stereocenters. The van der Waals surface area contributed by atoms with E-state index in [1.165, 1.54) is 6.07 Å². The minimum Gasteiger partial charge on any atom is -0.494 e. The normalized spacial score (nSPS) is 12.1. The van der Waals surface area contributed by atoms with Crippen LogP contribution < -0.4 is 14.8 Å². The molecule has 3 rings (SSSR count). The van der Waals surface area contributed by atoms with Crippen LogP contribution >= 0.6 is 0 Å². The van der Waals surface area contributed by atoms with Gasteiger partial charge in [-0.05, 0) is 68.3 Å². The molecule has 162 valence electrons. The first-order valence-corrected chi connectivity index (χ1v) is 11.5. The van der Waals surface area contributed by atoms with Gasteiger partial charge in [0, 0.05) is 11.3 Å². The number of hydrogen-bond donors (Lipinski definition) is 2. The van der Waals surface area contributed by atoms with Crippen LogP contribution in [0, 0.1) is 6.92 Å². The highest BCUT2D eigenvalue weighted by Crippen LogP contribution is 2.22. The Morgan fingerprint density at radius 1 is 1.00 bits per heavy atom. The molecule has 0 bridgehead atoms. The van der Waals surface area contributed by atoms with Crippen molar-refractivity contribution in [3.63, 3.8) is 0 Å². The van der Waals surface area contributed by atoms with Crippen molar-refractivity contribution in [3.8, 4) is 5.75 Å². The van der Waals surface area contributed by atoms with E-state index in [0.717, 1.165) is 11.3 Å². The molecule has 2 N–H and O–H groups in total. The molecule has 0 aliphatic carbocycles. The van der Waals surface area contributed by atoms with E-state index in [1.54, 1.807) is 49.4 Å². The maximum Gasteiger partial charge on any atom is 0.262 e. The molecule has 3 aromatic carbocycles. The fraction of sp³-hybridized carbons (Fsp3) is 0.208. The van der Waals surface area contributed by atoms with Gasteiger partial charge in [-0.2, -0.15) is 0 Å². The third kappa shape index (κ3) is 5.64. The number of carbonyl (C=O) groups excluding carboxylic acids is 1. The van der Waals surface area contributed by atoms with E-state index in [4.69, 9.17) is 4.74 Å². The number of nitrogens with one attached hydrogen (secondary N) is 2. The summed E-state index contributed by atoms with van der Waals surface area (Å²) < 4.78 is 33.7. The first-order valence-electron chi connectivity index (χ1n) is 10.0. The number of ether oxygens (including phenoxy) is 1. The largest absolute Gasteiger partial charge is 0.494 e. The highest BCUT2D eigenvalue weighted by molar-refractivity contribution is 7.92. The highest BCUT2D eigenvalue weighted by Gasteiger charge is 2.20. The lowest BCUT2D eigenvalue weighted by Gasteiger charge is -2.16. The molecule has 0 fully saturated rings. The fourth-order valence-electron chi connectivity index (χ4n) is 3.13. The molecular formula is C24H26N2O4S. The lowest BCUT2D eigenvalue weighted by Crippen LogP contribution is -2.27. The van der Waals surface area contributed by atoms with Gasteiger partial charge in [-0.1, -0.05) is 36.4 Å². The molecule has 7 heteroatoms. The maximum absolute atomic E-state index is 12.9. The Labute approximate surface area is 183 Å². The Hall–Kier alpha value is -3.32. The van der Waals surface area contributed by atoms with E-state index in [-0.39, 0.29) is 22.4 Å². The van der Waals surface area contributed by atoms with Gasteiger partial charge in [0.1, 0.15) is 5.75 Å². The first kappa shape index (κ1) is 22.4. The van der Waals surface area contributed by atoms with Gasteiger partial charge < -0.3 is 10.1 Å². The average molecular weight is 439 g/mol. The number of rotatable bonds is 8. The van der Waals surface area contributed by atoms with Crippen molar-refractivity contribution in [2.24, 2.45) is 0 Å². The zero-order valence-corrected chi connectivity index (χ0v) is 18.6. The van der Waals surface area contributed by atoms with Crippen LogP contribution in [0.15, 0.2) is 77.7 Å². The standard InChI is InChI=1S/C24H26N2O4S/c1-4-30-22-14-12-19(13-15-22)18(3)25-24(27)20-11-10-17(2)23(16-20)31(28,29)26-21-8-6-5-7-9-21/h5-16,18,26H,4H2,1-3H3,(H,25,27)/t18-/m1/s1. The van der Waals surface area contributed by atoms with E-state index < -0.39 is 10.0 Å². The van der Waals surface area contributed by atoms with Gasteiger partial charge in [-0.25, -0.2) is 8.42 Å². The van der Waals surface area contributed by atoms with E-state index in [9.17, 15) is 13.2 Å². The van der Waals surface area contributed by atoms with Gasteiger partial charge in [-0.3, -0.25) is 9.52 Å². The third-order valence-corrected chi connectivity index (χ3v) is 6.33. The molecule has 0 aliphatic rings. The molecular weight excluding hydrogens is 412 g/mol. The van der Waals surface area contributed by atoms with E-state index in [2.05, 4.69) is 10.0 Å². The number of benzene rings is 3. The molecule has 0 aliphatic heterocycles. The Morgan fingerprint density at radius 2 is 1.68 bits per heavy atom. The van der Waals surface area contributed by atoms with Crippen molar-refractivity contribution in [2.75, 3.05) is 11.3 Å². The Kier molecular flexibility index (Phi) is 6.97. The average Bonchev–Trinajstić information content (AvgIpc) is 2.75. The van der Waals surface area contributed by atoms with E-state index >= 15 is 0 Å². The summed E-state index contributed by atoms with van der Waals surface area (Å²) in [5.74, 6) is 0.418. The molecule has 0 saturated carbocycles. The minimum absolute atomic E-state index is 0.0673. The maximum atomic E-state index is 12.9. The predicted octanol–water partition coefficient (Wildman–Crippen LogP) is 4.69. The van der Waals surface area contributed by atoms with E-state index in [0.29, 0.717) is 17.9 Å². The lowest BCUT2D eigenvalue weighted by atomic mass is 10.1. The number of para-hydroxylation sites is 1. The molecule has 0 unspecified atom stereocenters. The summed E-state index contributed by atoms with van der Waals surface area (Å²) in [6, 6.07) is 20.5. The van der Waals surface area contributed by atoms with Crippen LogP contribution in [0.2, 0.25) is 0 Å². The predicted molar refractivity (Wildman–Crippen MR) is 122 cm³/mol. The molecule has 6 nitrogen and oxygen atoms in total. The van der Waals surface area contributed by atoms with Crippen molar-refractivity contribution >= 4 is 21.6 Å². The van der Waals surface area contributed by atoms with Gasteiger partial charge in [0.25, 0.3) is 15.9 Å².